The van der Waals surface area contributed by atoms with Crippen molar-refractivity contribution in [2.75, 3.05) is 10.2 Å². The molecule has 0 unspecified atom stereocenters. The summed E-state index contributed by atoms with van der Waals surface area (Å²) in [5.74, 6) is -1.38. The molecular formula is C25H16BrClFN3O2S. The summed E-state index contributed by atoms with van der Waals surface area (Å²) in [7, 11) is 0. The Balaban J connectivity index is 1.71. The first-order valence-corrected chi connectivity index (χ1v) is 12.1. The third-order valence-electron chi connectivity index (χ3n) is 5.03. The number of thioether (sulfide) groups is 1. The predicted molar refractivity (Wildman–Crippen MR) is 136 cm³/mol. The zero-order valence-corrected chi connectivity index (χ0v) is 20.6. The third-order valence-corrected chi connectivity index (χ3v) is 7.07. The monoisotopic (exact) mass is 555 g/mol. The zero-order chi connectivity index (χ0) is 24.2. The van der Waals surface area contributed by atoms with Gasteiger partial charge in [0.2, 0.25) is 5.91 Å². The van der Waals surface area contributed by atoms with Crippen molar-refractivity contribution in [3.05, 3.63) is 104 Å². The maximum atomic E-state index is 13.5. The highest BCUT2D eigenvalue weighted by molar-refractivity contribution is 9.10. The van der Waals surface area contributed by atoms with Crippen molar-refractivity contribution in [2.45, 2.75) is 11.7 Å². The fourth-order valence-corrected chi connectivity index (χ4v) is 5.07. The molecular weight excluding hydrogens is 541 g/mol. The first-order valence-electron chi connectivity index (χ1n) is 10.1. The van der Waals surface area contributed by atoms with Crippen molar-refractivity contribution in [3.63, 3.8) is 0 Å². The van der Waals surface area contributed by atoms with E-state index in [1.807, 2.05) is 30.3 Å². The molecule has 1 N–H and O–H groups in total. The molecule has 5 nitrogen and oxygen atoms in total. The predicted octanol–water partition coefficient (Wildman–Crippen LogP) is 6.31. The van der Waals surface area contributed by atoms with Gasteiger partial charge in [-0.1, -0.05) is 51.4 Å². The molecule has 1 atom stereocenters. The summed E-state index contributed by atoms with van der Waals surface area (Å²) in [6.45, 7) is 0. The minimum atomic E-state index is -0.687. The van der Waals surface area contributed by atoms with Crippen LogP contribution in [0.15, 0.2) is 87.9 Å². The average molecular weight is 557 g/mol. The Bertz CT molecular complexity index is 1310. The van der Waals surface area contributed by atoms with Crippen molar-refractivity contribution < 1.29 is 14.0 Å². The summed E-state index contributed by atoms with van der Waals surface area (Å²) in [6, 6.07) is 21.4. The van der Waals surface area contributed by atoms with Gasteiger partial charge in [0.15, 0.2) is 0 Å². The summed E-state index contributed by atoms with van der Waals surface area (Å²) in [5, 5.41) is 12.7. The molecule has 9 heteroatoms. The van der Waals surface area contributed by atoms with Crippen molar-refractivity contribution >= 4 is 62.5 Å². The van der Waals surface area contributed by atoms with E-state index in [-0.39, 0.29) is 16.5 Å². The van der Waals surface area contributed by atoms with Crippen LogP contribution in [0.2, 0.25) is 5.02 Å². The standard InChI is InChI=1S/C25H16BrClFN3O2S/c26-16-3-1-15(2-4-16)13-22-24(33)31(20-11-5-17(27)6-12-20)25(34-22)21(14-29)23(32)30-19-9-7-18(28)8-10-19/h1-12,22H,13H2,(H,30,32)/b25-21+/t22-/m1/s1. The van der Waals surface area contributed by atoms with Crippen molar-refractivity contribution in [3.8, 4) is 6.07 Å². The van der Waals surface area contributed by atoms with Gasteiger partial charge < -0.3 is 5.32 Å². The molecule has 2 amide bonds. The van der Waals surface area contributed by atoms with Gasteiger partial charge in [-0.3, -0.25) is 14.5 Å². The Hall–Kier alpha value is -3.12. The largest absolute Gasteiger partial charge is 0.321 e. The van der Waals surface area contributed by atoms with Crippen LogP contribution in [0.1, 0.15) is 5.56 Å². The molecule has 1 fully saturated rings. The van der Waals surface area contributed by atoms with Gasteiger partial charge in [-0.15, -0.1) is 0 Å². The average Bonchev–Trinajstić information content (AvgIpc) is 3.13. The van der Waals surface area contributed by atoms with Crippen molar-refractivity contribution in [2.24, 2.45) is 0 Å². The second-order valence-corrected chi connectivity index (χ2v) is 9.88. The van der Waals surface area contributed by atoms with Gasteiger partial charge >= 0.3 is 0 Å². The number of amides is 2. The molecule has 3 aromatic rings. The van der Waals surface area contributed by atoms with E-state index in [0.717, 1.165) is 10.0 Å². The number of nitrogens with zero attached hydrogens (tertiary/aromatic N) is 2. The van der Waals surface area contributed by atoms with E-state index in [0.29, 0.717) is 22.8 Å². The van der Waals surface area contributed by atoms with Gasteiger partial charge in [-0.2, -0.15) is 5.26 Å². The fourth-order valence-electron chi connectivity index (χ4n) is 3.37. The second-order valence-electron chi connectivity index (χ2n) is 7.34. The number of hydrogen-bond acceptors (Lipinski definition) is 4. The molecule has 0 radical (unpaired) electrons. The van der Waals surface area contributed by atoms with Gasteiger partial charge in [0.1, 0.15) is 22.5 Å². The highest BCUT2D eigenvalue weighted by Gasteiger charge is 2.40. The molecule has 1 aliphatic rings. The molecule has 34 heavy (non-hydrogen) atoms. The number of hydrogen-bond donors (Lipinski definition) is 1. The summed E-state index contributed by atoms with van der Waals surface area (Å²) in [6.07, 6.45) is 0.419. The number of benzene rings is 3. The number of rotatable bonds is 5. The number of halogens is 3. The van der Waals surface area contributed by atoms with E-state index in [1.165, 1.54) is 40.9 Å². The van der Waals surface area contributed by atoms with Crippen LogP contribution in [0.25, 0.3) is 0 Å². The minimum absolute atomic E-state index is 0.212. The van der Waals surface area contributed by atoms with Crippen molar-refractivity contribution in [1.82, 2.24) is 0 Å². The van der Waals surface area contributed by atoms with E-state index in [9.17, 15) is 19.2 Å². The van der Waals surface area contributed by atoms with Crippen LogP contribution in [0, 0.1) is 17.1 Å². The third kappa shape index (κ3) is 5.33. The summed E-state index contributed by atoms with van der Waals surface area (Å²) >= 11 is 10.6. The Labute approximate surface area is 213 Å². The quantitative estimate of drug-likeness (QED) is 0.295. The Morgan fingerprint density at radius 2 is 1.74 bits per heavy atom. The second kappa shape index (κ2) is 10.4. The SMILES string of the molecule is N#C/C(C(=O)Nc1ccc(F)cc1)=C1\S[C@H](Cc2ccc(Br)cc2)C(=O)N1c1ccc(Cl)cc1. The van der Waals surface area contributed by atoms with Crippen LogP contribution in [-0.4, -0.2) is 17.1 Å². The summed E-state index contributed by atoms with van der Waals surface area (Å²) in [5.41, 5.74) is 1.56. The lowest BCUT2D eigenvalue weighted by Crippen LogP contribution is -2.30. The van der Waals surface area contributed by atoms with E-state index < -0.39 is 17.0 Å². The first kappa shape index (κ1) is 24.0. The van der Waals surface area contributed by atoms with Crippen LogP contribution in [0.4, 0.5) is 15.8 Å². The lowest BCUT2D eigenvalue weighted by Gasteiger charge is -2.19. The normalized spacial score (nSPS) is 16.8. The molecule has 0 bridgehead atoms. The van der Waals surface area contributed by atoms with E-state index >= 15 is 0 Å². The Morgan fingerprint density at radius 3 is 2.35 bits per heavy atom. The van der Waals surface area contributed by atoms with Gasteiger partial charge in [-0.25, -0.2) is 4.39 Å². The highest BCUT2D eigenvalue weighted by Crippen LogP contribution is 2.42. The number of carbonyl (C=O) groups excluding carboxylic acids is 2. The molecule has 0 spiro atoms. The van der Waals surface area contributed by atoms with Crippen molar-refractivity contribution in [1.29, 1.82) is 5.26 Å². The minimum Gasteiger partial charge on any atom is -0.321 e. The fraction of sp³-hybridized carbons (Fsp3) is 0.0800. The van der Waals surface area contributed by atoms with E-state index in [1.54, 1.807) is 24.3 Å². The van der Waals surface area contributed by atoms with Crippen LogP contribution in [0.3, 0.4) is 0 Å². The molecule has 0 saturated carbocycles. The first-order chi connectivity index (χ1) is 16.4. The molecule has 1 aliphatic heterocycles. The van der Waals surface area contributed by atoms with Crippen LogP contribution >= 0.6 is 39.3 Å². The van der Waals surface area contributed by atoms with Crippen LogP contribution in [0.5, 0.6) is 0 Å². The zero-order valence-electron chi connectivity index (χ0n) is 17.5. The Morgan fingerprint density at radius 1 is 1.09 bits per heavy atom. The molecule has 4 rings (SSSR count). The molecule has 0 aliphatic carbocycles. The lowest BCUT2D eigenvalue weighted by atomic mass is 10.1. The summed E-state index contributed by atoms with van der Waals surface area (Å²) < 4.78 is 14.1. The molecule has 3 aromatic carbocycles. The topological polar surface area (TPSA) is 73.2 Å². The van der Waals surface area contributed by atoms with Crippen LogP contribution in [-0.2, 0) is 16.0 Å². The number of anilines is 2. The molecule has 1 saturated heterocycles. The molecule has 1 heterocycles. The van der Waals surface area contributed by atoms with Gasteiger partial charge in [-0.05, 0) is 72.6 Å². The smallest absolute Gasteiger partial charge is 0.269 e. The van der Waals surface area contributed by atoms with Crippen LogP contribution < -0.4 is 10.2 Å². The summed E-state index contributed by atoms with van der Waals surface area (Å²) in [4.78, 5) is 27.8. The highest BCUT2D eigenvalue weighted by atomic mass is 79.9. The molecule has 170 valence electrons. The van der Waals surface area contributed by atoms with E-state index in [2.05, 4.69) is 21.2 Å². The van der Waals surface area contributed by atoms with Gasteiger partial charge in [0.25, 0.3) is 5.91 Å². The maximum Gasteiger partial charge on any atom is 0.269 e. The number of carbonyl (C=O) groups is 2. The lowest BCUT2D eigenvalue weighted by molar-refractivity contribution is -0.117. The maximum absolute atomic E-state index is 13.5. The van der Waals surface area contributed by atoms with E-state index in [4.69, 9.17) is 11.6 Å². The van der Waals surface area contributed by atoms with Gasteiger partial charge in [0, 0.05) is 20.9 Å². The van der Waals surface area contributed by atoms with Gasteiger partial charge in [0.05, 0.1) is 5.25 Å². The number of nitriles is 1. The Kier molecular flexibility index (Phi) is 7.37. The number of nitrogens with one attached hydrogen (secondary N) is 1. The molecule has 0 aromatic heterocycles.